The molecular weight excluding hydrogens is 358 g/mol. The fourth-order valence-electron chi connectivity index (χ4n) is 4.39. The van der Waals surface area contributed by atoms with Crippen LogP contribution in [0.1, 0.15) is 46.6 Å². The number of nitrogens with zero attached hydrogens (tertiary/aromatic N) is 1. The zero-order valence-electron chi connectivity index (χ0n) is 19.3. The van der Waals surface area contributed by atoms with Gasteiger partial charge in [-0.1, -0.05) is 65.0 Å². The minimum absolute atomic E-state index is 0.246. The van der Waals surface area contributed by atoms with E-state index < -0.39 is 8.32 Å². The summed E-state index contributed by atoms with van der Waals surface area (Å²) in [5, 5.41) is 0.246. The van der Waals surface area contributed by atoms with Crippen LogP contribution in [-0.2, 0) is 4.43 Å². The average molecular weight is 398 g/mol. The first kappa shape index (κ1) is 21.4. The number of rotatable bonds is 5. The van der Waals surface area contributed by atoms with Gasteiger partial charge in [-0.05, 0) is 65.1 Å². The van der Waals surface area contributed by atoms with E-state index in [9.17, 15) is 0 Å². The van der Waals surface area contributed by atoms with Crippen molar-refractivity contribution in [3.8, 4) is 0 Å². The van der Waals surface area contributed by atoms with Gasteiger partial charge in [0.15, 0.2) is 8.32 Å². The lowest BCUT2D eigenvalue weighted by molar-refractivity contribution is -0.0691. The second kappa shape index (κ2) is 7.18. The van der Waals surface area contributed by atoms with Gasteiger partial charge >= 0.3 is 0 Å². The van der Waals surface area contributed by atoms with Crippen LogP contribution in [0.4, 0.5) is 5.69 Å². The summed E-state index contributed by atoms with van der Waals surface area (Å²) in [7, 11) is 2.38. The predicted octanol–water partition coefficient (Wildman–Crippen LogP) is 6.76. The summed E-state index contributed by atoms with van der Waals surface area (Å²) in [6, 6.07) is 8.77. The van der Waals surface area contributed by atoms with Crippen molar-refractivity contribution < 1.29 is 4.43 Å². The van der Waals surface area contributed by atoms with E-state index in [2.05, 4.69) is 109 Å². The molecule has 1 aromatic carbocycles. The number of anilines is 1. The molecule has 3 aliphatic carbocycles. The largest absolute Gasteiger partial charge is 0.410 e. The molecule has 0 N–H and O–H groups in total. The van der Waals surface area contributed by atoms with Gasteiger partial charge in [0, 0.05) is 19.8 Å². The van der Waals surface area contributed by atoms with Crippen molar-refractivity contribution in [2.24, 2.45) is 17.3 Å². The molecule has 1 fully saturated rings. The molecule has 3 aliphatic rings. The Morgan fingerprint density at radius 1 is 1.07 bits per heavy atom. The van der Waals surface area contributed by atoms with E-state index in [-0.39, 0.29) is 11.1 Å². The lowest BCUT2D eigenvalue weighted by Crippen LogP contribution is -2.57. The quantitative estimate of drug-likeness (QED) is 0.509. The van der Waals surface area contributed by atoms with Gasteiger partial charge in [-0.2, -0.15) is 0 Å². The van der Waals surface area contributed by atoms with E-state index in [0.717, 1.165) is 0 Å². The van der Waals surface area contributed by atoms with Gasteiger partial charge in [0.2, 0.25) is 0 Å². The number of hydrogen-bond acceptors (Lipinski definition) is 2. The van der Waals surface area contributed by atoms with Crippen LogP contribution in [-0.4, -0.2) is 28.5 Å². The molecule has 0 amide bonds. The van der Waals surface area contributed by atoms with Gasteiger partial charge in [-0.3, -0.25) is 0 Å². The van der Waals surface area contributed by atoms with Crippen molar-refractivity contribution in [2.75, 3.05) is 19.0 Å². The first-order valence-corrected chi connectivity index (χ1v) is 13.6. The molecule has 28 heavy (non-hydrogen) atoms. The molecule has 0 radical (unpaired) electrons. The molecule has 0 saturated heterocycles. The molecule has 2 bridgehead atoms. The highest BCUT2D eigenvalue weighted by Crippen LogP contribution is 2.61. The fraction of sp³-hybridized carbons (Fsp3) is 0.600. The topological polar surface area (TPSA) is 12.5 Å². The third-order valence-corrected chi connectivity index (χ3v) is 12.1. The highest BCUT2D eigenvalue weighted by molar-refractivity contribution is 6.74. The standard InChI is InChI=1S/C25H39NOSi/c1-24(2,3)28(8,9)27-23-16-19(21-17-22(23)25(21,4)5)13-10-18-11-14-20(15-12-18)26(6)7/h10-16,21-23H,17H2,1-9H3/b13-10+/t21-,22+,23-/m0/s1. The lowest BCUT2D eigenvalue weighted by atomic mass is 9.48. The highest BCUT2D eigenvalue weighted by Gasteiger charge is 2.56. The maximum Gasteiger partial charge on any atom is 0.192 e. The minimum Gasteiger partial charge on any atom is -0.410 e. The monoisotopic (exact) mass is 397 g/mol. The molecule has 4 rings (SSSR count). The summed E-state index contributed by atoms with van der Waals surface area (Å²) in [4.78, 5) is 2.14. The van der Waals surface area contributed by atoms with Crippen molar-refractivity contribution in [1.29, 1.82) is 0 Å². The van der Waals surface area contributed by atoms with Crippen molar-refractivity contribution in [3.05, 3.63) is 47.6 Å². The SMILES string of the molecule is CN(C)c1ccc(/C=C/C2=C[C@H](O[Si](C)(C)C(C)(C)C)[C@H]3C[C@@H]2C3(C)C)cc1. The van der Waals surface area contributed by atoms with E-state index in [1.165, 1.54) is 23.2 Å². The third kappa shape index (κ3) is 3.88. The van der Waals surface area contributed by atoms with Crippen LogP contribution in [0.2, 0.25) is 18.1 Å². The summed E-state index contributed by atoms with van der Waals surface area (Å²) in [5.41, 5.74) is 4.29. The summed E-state index contributed by atoms with van der Waals surface area (Å²) < 4.78 is 6.88. The van der Waals surface area contributed by atoms with E-state index >= 15 is 0 Å². The van der Waals surface area contributed by atoms with E-state index in [4.69, 9.17) is 4.43 Å². The molecule has 3 atom stereocenters. The zero-order valence-corrected chi connectivity index (χ0v) is 20.3. The van der Waals surface area contributed by atoms with Crippen molar-refractivity contribution in [1.82, 2.24) is 0 Å². The number of fused-ring (bicyclic) bond motifs is 1. The molecule has 1 aromatic rings. The Labute approximate surface area is 173 Å². The van der Waals surface area contributed by atoms with Crippen LogP contribution in [0.3, 0.4) is 0 Å². The lowest BCUT2D eigenvalue weighted by Gasteiger charge is -2.60. The Morgan fingerprint density at radius 2 is 1.68 bits per heavy atom. The Bertz CT molecular complexity index is 765. The Morgan fingerprint density at radius 3 is 2.18 bits per heavy atom. The van der Waals surface area contributed by atoms with Gasteiger partial charge in [0.1, 0.15) is 0 Å². The van der Waals surface area contributed by atoms with Crippen molar-refractivity contribution in [3.63, 3.8) is 0 Å². The second-order valence-electron chi connectivity index (χ2n) is 11.0. The summed E-state index contributed by atoms with van der Waals surface area (Å²) >= 11 is 0. The van der Waals surface area contributed by atoms with Crippen LogP contribution in [0.15, 0.2) is 42.0 Å². The van der Waals surface area contributed by atoms with Gasteiger partial charge < -0.3 is 9.33 Å². The van der Waals surface area contributed by atoms with Crippen LogP contribution in [0.25, 0.3) is 6.08 Å². The molecule has 1 saturated carbocycles. The van der Waals surface area contributed by atoms with Gasteiger partial charge in [0.05, 0.1) is 6.10 Å². The van der Waals surface area contributed by atoms with Crippen LogP contribution in [0, 0.1) is 17.3 Å². The number of hydrogen-bond donors (Lipinski definition) is 0. The first-order chi connectivity index (χ1) is 12.8. The third-order valence-electron chi connectivity index (χ3n) is 7.61. The summed E-state index contributed by atoms with van der Waals surface area (Å²) in [5.74, 6) is 1.32. The van der Waals surface area contributed by atoms with E-state index in [0.29, 0.717) is 17.3 Å². The van der Waals surface area contributed by atoms with Gasteiger partial charge in [-0.25, -0.2) is 0 Å². The fourth-order valence-corrected chi connectivity index (χ4v) is 5.65. The second-order valence-corrected chi connectivity index (χ2v) is 15.8. The highest BCUT2D eigenvalue weighted by atomic mass is 28.4. The Hall–Kier alpha value is -1.32. The summed E-state index contributed by atoms with van der Waals surface area (Å²) in [6.07, 6.45) is 8.58. The average Bonchev–Trinajstić information content (AvgIpc) is 2.58. The van der Waals surface area contributed by atoms with E-state index in [1.807, 2.05) is 0 Å². The zero-order chi connectivity index (χ0) is 20.9. The van der Waals surface area contributed by atoms with E-state index in [1.54, 1.807) is 0 Å². The smallest absolute Gasteiger partial charge is 0.192 e. The molecule has 154 valence electrons. The maximum atomic E-state index is 6.88. The van der Waals surface area contributed by atoms with Crippen LogP contribution < -0.4 is 4.90 Å². The Kier molecular flexibility index (Phi) is 5.48. The van der Waals surface area contributed by atoms with Crippen LogP contribution in [0.5, 0.6) is 0 Å². The maximum absolute atomic E-state index is 6.88. The number of allylic oxidation sites excluding steroid dienone is 2. The normalized spacial score (nSPS) is 26.8. The van der Waals surface area contributed by atoms with Gasteiger partial charge in [0.25, 0.3) is 0 Å². The van der Waals surface area contributed by atoms with Gasteiger partial charge in [-0.15, -0.1) is 0 Å². The Balaban J connectivity index is 1.82. The molecule has 0 aliphatic heterocycles. The molecule has 2 nitrogen and oxygen atoms in total. The minimum atomic E-state index is -1.78. The molecular formula is C25H39NOSi. The molecule has 0 heterocycles. The predicted molar refractivity (Wildman–Crippen MR) is 125 cm³/mol. The first-order valence-electron chi connectivity index (χ1n) is 10.7. The van der Waals surface area contributed by atoms with Crippen molar-refractivity contribution in [2.45, 2.75) is 65.3 Å². The number of benzene rings is 1. The van der Waals surface area contributed by atoms with Crippen molar-refractivity contribution >= 4 is 20.1 Å². The molecule has 0 spiro atoms. The summed E-state index contributed by atoms with van der Waals surface area (Å²) in [6.45, 7) is 16.6. The molecule has 0 unspecified atom stereocenters. The molecule has 0 aromatic heterocycles. The molecule has 3 heteroatoms. The van der Waals surface area contributed by atoms with Crippen LogP contribution >= 0.6 is 0 Å².